The Hall–Kier alpha value is -8.56. The lowest BCUT2D eigenvalue weighted by Gasteiger charge is -2.14. The van der Waals surface area contributed by atoms with Crippen LogP contribution >= 0.6 is 0 Å². The summed E-state index contributed by atoms with van der Waals surface area (Å²) >= 11 is 0. The van der Waals surface area contributed by atoms with Crippen molar-refractivity contribution < 1.29 is 0 Å². The molecule has 9 rings (SSSR count). The van der Waals surface area contributed by atoms with Crippen molar-refractivity contribution in [2.75, 3.05) is 0 Å². The van der Waals surface area contributed by atoms with E-state index in [4.69, 9.17) is 9.97 Å². The number of aromatic amines is 2. The molecule has 0 saturated heterocycles. The summed E-state index contributed by atoms with van der Waals surface area (Å²) in [5.41, 5.74) is 23.7. The molecule has 0 fully saturated rings. The molecule has 5 heterocycles. The molecule has 3 aromatic heterocycles. The third kappa shape index (κ3) is 6.76. The van der Waals surface area contributed by atoms with Gasteiger partial charge in [-0.25, -0.2) is 9.97 Å². The fraction of sp³-hybridized carbons (Fsp3) is 0.143. The lowest BCUT2D eigenvalue weighted by Crippen LogP contribution is -1.97. The number of hydrogen-bond acceptors (Lipinski definition) is 6. The summed E-state index contributed by atoms with van der Waals surface area (Å²) in [5.74, 6) is 0. The van der Waals surface area contributed by atoms with Crippen molar-refractivity contribution in [3.05, 3.63) is 162 Å². The molecule has 306 valence electrons. The van der Waals surface area contributed by atoms with E-state index in [1.54, 1.807) is 0 Å². The standard InChI is InChI=1S/C56H42N8/c1-29-17-37(25-57)18-30(2)49(29)53-41-9-11-43(61-41)54(50-31(3)19-38(26-58)20-32(50)4)45-13-15-47(63-45)56(52-35(7)23-40(28-60)24-36(52)8)48-16-14-46(64-48)55(44-12-10-42(53)62-44)51-33(5)21-39(27-59)22-34(51)6/h9-24,61-62H,1-8H3. The van der Waals surface area contributed by atoms with Gasteiger partial charge in [0.25, 0.3) is 0 Å². The molecule has 2 N–H and O–H groups in total. The molecular weight excluding hydrogens is 785 g/mol. The number of nitrogens with one attached hydrogen (secondary N) is 2. The maximum atomic E-state index is 9.95. The van der Waals surface area contributed by atoms with E-state index in [-0.39, 0.29) is 0 Å². The van der Waals surface area contributed by atoms with E-state index in [1.807, 2.05) is 116 Å². The first-order valence-electron chi connectivity index (χ1n) is 21.1. The second-order valence-electron chi connectivity index (χ2n) is 16.9. The summed E-state index contributed by atoms with van der Waals surface area (Å²) in [6.07, 6.45) is 8.19. The second-order valence-corrected chi connectivity index (χ2v) is 16.9. The van der Waals surface area contributed by atoms with Gasteiger partial charge in [0.1, 0.15) is 0 Å². The highest BCUT2D eigenvalue weighted by atomic mass is 14.8. The average Bonchev–Trinajstić information content (AvgIpc) is 4.11. The quantitative estimate of drug-likeness (QED) is 0.180. The molecular formula is C56H42N8. The van der Waals surface area contributed by atoms with Crippen molar-refractivity contribution in [1.29, 1.82) is 21.0 Å². The minimum absolute atomic E-state index is 0.581. The van der Waals surface area contributed by atoms with Gasteiger partial charge in [-0.15, -0.1) is 0 Å². The van der Waals surface area contributed by atoms with Gasteiger partial charge in [0.05, 0.1) is 69.3 Å². The number of aromatic nitrogens is 4. The number of H-pyrrole nitrogens is 2. The van der Waals surface area contributed by atoms with E-state index >= 15 is 0 Å². The summed E-state index contributed by atoms with van der Waals surface area (Å²) in [6.45, 7) is 16.3. The number of rotatable bonds is 4. The number of nitriles is 4. The second kappa shape index (κ2) is 15.7. The maximum Gasteiger partial charge on any atom is 0.0991 e. The molecule has 0 aliphatic carbocycles. The molecule has 0 atom stereocenters. The van der Waals surface area contributed by atoms with Gasteiger partial charge in [0.2, 0.25) is 0 Å². The lowest BCUT2D eigenvalue weighted by molar-refractivity contribution is 1.25. The first-order valence-corrected chi connectivity index (χ1v) is 21.1. The van der Waals surface area contributed by atoms with Gasteiger partial charge in [-0.3, -0.25) is 0 Å². The van der Waals surface area contributed by atoms with Gasteiger partial charge in [0, 0.05) is 44.3 Å². The molecule has 2 aliphatic rings. The predicted octanol–water partition coefficient (Wildman–Crippen LogP) is 13.3. The Morgan fingerprint density at radius 3 is 0.797 bits per heavy atom. The molecule has 64 heavy (non-hydrogen) atoms. The molecule has 2 aliphatic heterocycles. The van der Waals surface area contributed by atoms with E-state index < -0.39 is 0 Å². The first kappa shape index (κ1) is 40.8. The van der Waals surface area contributed by atoms with Crippen LogP contribution in [0.2, 0.25) is 0 Å². The normalized spacial score (nSPS) is 11.6. The summed E-state index contributed by atoms with van der Waals surface area (Å²) < 4.78 is 0. The zero-order valence-electron chi connectivity index (χ0n) is 36.9. The van der Waals surface area contributed by atoms with Crippen molar-refractivity contribution in [2.24, 2.45) is 0 Å². The van der Waals surface area contributed by atoms with E-state index in [2.05, 4.69) is 70.7 Å². The molecule has 0 unspecified atom stereocenters. The molecule has 8 nitrogen and oxygen atoms in total. The van der Waals surface area contributed by atoms with Crippen LogP contribution in [0.3, 0.4) is 0 Å². The summed E-state index contributed by atoms with van der Waals surface area (Å²) in [4.78, 5) is 18.7. The van der Waals surface area contributed by atoms with Gasteiger partial charge < -0.3 is 9.97 Å². The Kier molecular flexibility index (Phi) is 10.0. The Labute approximate surface area is 372 Å². The SMILES string of the molecule is Cc1cc(C#N)cc(C)c1-c1c2nc(c(-c3c(C)cc(C#N)cc3C)c3ccc([nH]3)c(-c3c(C)cc(C#N)cc3C)c3ccc([nH]3)c(-c3c(C)cc(C#N)cc3C)c3nc1C=C3)C=C2. The van der Waals surface area contributed by atoms with Crippen LogP contribution in [0.4, 0.5) is 0 Å². The molecule has 8 heteroatoms. The van der Waals surface area contributed by atoms with Crippen molar-refractivity contribution in [1.82, 2.24) is 19.9 Å². The Balaban J connectivity index is 1.54. The fourth-order valence-electron chi connectivity index (χ4n) is 9.95. The van der Waals surface area contributed by atoms with Crippen LogP contribution in [0.5, 0.6) is 0 Å². The van der Waals surface area contributed by atoms with E-state index in [0.717, 1.165) is 134 Å². The van der Waals surface area contributed by atoms with Gasteiger partial charge >= 0.3 is 0 Å². The maximum absolute atomic E-state index is 9.95. The monoisotopic (exact) mass is 826 g/mol. The fourth-order valence-corrected chi connectivity index (χ4v) is 9.95. The highest BCUT2D eigenvalue weighted by Gasteiger charge is 2.24. The zero-order chi connectivity index (χ0) is 45.1. The predicted molar refractivity (Wildman–Crippen MR) is 257 cm³/mol. The molecule has 7 aromatic rings. The summed E-state index contributed by atoms with van der Waals surface area (Å²) in [6, 6.07) is 33.1. The van der Waals surface area contributed by atoms with Gasteiger partial charge in [0.15, 0.2) is 0 Å². The van der Waals surface area contributed by atoms with Gasteiger partial charge in [-0.05, 0) is 219 Å². The van der Waals surface area contributed by atoms with Gasteiger partial charge in [-0.2, -0.15) is 21.0 Å². The molecule has 0 amide bonds. The van der Waals surface area contributed by atoms with Gasteiger partial charge in [-0.1, -0.05) is 0 Å². The lowest BCUT2D eigenvalue weighted by atomic mass is 9.92. The molecule has 0 saturated carbocycles. The van der Waals surface area contributed by atoms with Crippen molar-refractivity contribution >= 4 is 46.4 Å². The first-order chi connectivity index (χ1) is 30.8. The zero-order valence-corrected chi connectivity index (χ0v) is 36.9. The van der Waals surface area contributed by atoms with Crippen molar-refractivity contribution in [3.8, 4) is 68.8 Å². The van der Waals surface area contributed by atoms with Crippen LogP contribution in [0.15, 0.2) is 72.8 Å². The van der Waals surface area contributed by atoms with Crippen LogP contribution in [0, 0.1) is 101 Å². The largest absolute Gasteiger partial charge is 0.354 e. The van der Waals surface area contributed by atoms with Crippen molar-refractivity contribution in [2.45, 2.75) is 55.4 Å². The molecule has 8 bridgehead atoms. The molecule has 4 aromatic carbocycles. The summed E-state index contributed by atoms with van der Waals surface area (Å²) in [7, 11) is 0. The van der Waals surface area contributed by atoms with Crippen LogP contribution in [0.1, 0.15) is 89.5 Å². The number of nitrogens with zero attached hydrogens (tertiary/aromatic N) is 6. The Morgan fingerprint density at radius 1 is 0.312 bits per heavy atom. The van der Waals surface area contributed by atoms with Crippen LogP contribution in [0.25, 0.3) is 90.9 Å². The number of fused-ring (bicyclic) bond motifs is 8. The van der Waals surface area contributed by atoms with Crippen LogP contribution < -0.4 is 0 Å². The van der Waals surface area contributed by atoms with Crippen LogP contribution in [-0.2, 0) is 0 Å². The average molecular weight is 827 g/mol. The Bertz CT molecular complexity index is 3370. The molecule has 0 spiro atoms. The smallest absolute Gasteiger partial charge is 0.0991 e. The van der Waals surface area contributed by atoms with Crippen LogP contribution in [-0.4, -0.2) is 19.9 Å². The topological polar surface area (TPSA) is 153 Å². The third-order valence-corrected chi connectivity index (χ3v) is 12.4. The minimum atomic E-state index is 0.581. The van der Waals surface area contributed by atoms with E-state index in [9.17, 15) is 21.0 Å². The number of aryl methyl sites for hydroxylation is 8. The highest BCUT2D eigenvalue weighted by molar-refractivity contribution is 6.02. The summed E-state index contributed by atoms with van der Waals surface area (Å²) in [5, 5.41) is 39.8. The highest BCUT2D eigenvalue weighted by Crippen LogP contribution is 2.43. The third-order valence-electron chi connectivity index (χ3n) is 12.4. The van der Waals surface area contributed by atoms with Crippen molar-refractivity contribution in [3.63, 3.8) is 0 Å². The van der Waals surface area contributed by atoms with E-state index in [1.165, 1.54) is 0 Å². The minimum Gasteiger partial charge on any atom is -0.354 e. The number of hydrogen-bond donors (Lipinski definition) is 2. The van der Waals surface area contributed by atoms with E-state index in [0.29, 0.717) is 22.3 Å². The molecule has 0 radical (unpaired) electrons. The number of benzene rings is 4. The Morgan fingerprint density at radius 2 is 0.531 bits per heavy atom.